The predicted octanol–water partition coefficient (Wildman–Crippen LogP) is -0.610. The zero-order valence-corrected chi connectivity index (χ0v) is 18.6. The third-order valence-corrected chi connectivity index (χ3v) is 10.8. The molecule has 0 nitrogen and oxygen atoms in total. The van der Waals surface area contributed by atoms with Crippen LogP contribution < -0.4 is 24.8 Å². The van der Waals surface area contributed by atoms with Crippen molar-refractivity contribution in [3.8, 4) is 0 Å². The Labute approximate surface area is 167 Å². The van der Waals surface area contributed by atoms with Crippen LogP contribution in [0.25, 0.3) is 11.6 Å². The molecule has 2 aliphatic rings. The molecule has 2 aromatic rings. The van der Waals surface area contributed by atoms with Gasteiger partial charge >= 0.3 is 144 Å². The van der Waals surface area contributed by atoms with Crippen molar-refractivity contribution in [1.82, 2.24) is 0 Å². The molecule has 2 aromatic carbocycles. The van der Waals surface area contributed by atoms with Gasteiger partial charge in [0.05, 0.1) is 0 Å². The summed E-state index contributed by atoms with van der Waals surface area (Å²) in [5.41, 5.74) is 5.89. The van der Waals surface area contributed by atoms with E-state index in [0.717, 1.165) is 0 Å². The molecule has 0 aromatic heterocycles. The summed E-state index contributed by atoms with van der Waals surface area (Å²) >= 11 is -1.00. The van der Waals surface area contributed by atoms with Gasteiger partial charge in [0.25, 0.3) is 0 Å². The molecule has 4 rings (SSSR count). The molecule has 0 saturated heterocycles. The van der Waals surface area contributed by atoms with Crippen LogP contribution in [0.5, 0.6) is 0 Å². The maximum Gasteiger partial charge on any atom is -1.00 e. The molecule has 1 unspecified atom stereocenters. The summed E-state index contributed by atoms with van der Waals surface area (Å²) in [4.78, 5) is 0. The summed E-state index contributed by atoms with van der Waals surface area (Å²) in [6, 6.07) is 19.9. The zero-order valence-electron chi connectivity index (χ0n) is 13.5. The summed E-state index contributed by atoms with van der Waals surface area (Å²) in [6.45, 7) is 2.49. The first-order chi connectivity index (χ1) is 10.8. The van der Waals surface area contributed by atoms with E-state index in [2.05, 4.69) is 85.8 Å². The molecule has 0 heterocycles. The number of benzene rings is 2. The van der Waals surface area contributed by atoms with Gasteiger partial charge in [-0.15, -0.1) is 0 Å². The standard InChI is InChI=1S/C16H13.C5H5.2ClH.Hf/c1-12-15-10-6-5-9-14(15)11-16(12)13-7-3-2-4-8-13;1-2-4-5-3-1;;;/h2-11H,1H3;1-3H,4H2;2*1H;/q;;;;+2/p-2. The van der Waals surface area contributed by atoms with Crippen molar-refractivity contribution < 1.29 is 47.7 Å². The van der Waals surface area contributed by atoms with Gasteiger partial charge in [0.1, 0.15) is 0 Å². The Morgan fingerprint density at radius 3 is 2.33 bits per heavy atom. The van der Waals surface area contributed by atoms with Gasteiger partial charge in [0.15, 0.2) is 0 Å². The Balaban J connectivity index is 0.00000104. The van der Waals surface area contributed by atoms with Gasteiger partial charge in [-0.3, -0.25) is 0 Å². The van der Waals surface area contributed by atoms with E-state index in [1.165, 1.54) is 23.1 Å². The van der Waals surface area contributed by atoms with Gasteiger partial charge in [-0.2, -0.15) is 0 Å². The van der Waals surface area contributed by atoms with Crippen molar-refractivity contribution in [2.24, 2.45) is 0 Å². The molecule has 0 fully saturated rings. The normalized spacial score (nSPS) is 20.2. The van der Waals surface area contributed by atoms with Crippen molar-refractivity contribution >= 4 is 11.6 Å². The van der Waals surface area contributed by atoms with Crippen LogP contribution in [0.3, 0.4) is 0 Å². The van der Waals surface area contributed by atoms with Crippen molar-refractivity contribution in [3.63, 3.8) is 0 Å². The van der Waals surface area contributed by atoms with Gasteiger partial charge in [0.2, 0.25) is 0 Å². The quantitative estimate of drug-likeness (QED) is 0.475. The minimum absolute atomic E-state index is 0. The van der Waals surface area contributed by atoms with Gasteiger partial charge in [-0.1, -0.05) is 0 Å². The van der Waals surface area contributed by atoms with Crippen LogP contribution in [-0.4, -0.2) is 0 Å². The van der Waals surface area contributed by atoms with E-state index >= 15 is 0 Å². The predicted molar refractivity (Wildman–Crippen MR) is 89.9 cm³/mol. The number of hydrogen-bond donors (Lipinski definition) is 0. The van der Waals surface area contributed by atoms with E-state index in [1.54, 1.807) is 8.89 Å². The average molecular weight is 520 g/mol. The van der Waals surface area contributed by atoms with Gasteiger partial charge in [0, 0.05) is 0 Å². The molecule has 24 heavy (non-hydrogen) atoms. The van der Waals surface area contributed by atoms with E-state index in [1.807, 2.05) is 0 Å². The van der Waals surface area contributed by atoms with Crippen molar-refractivity contribution in [2.75, 3.05) is 0 Å². The molecule has 0 spiro atoms. The van der Waals surface area contributed by atoms with E-state index < -0.39 is 22.9 Å². The molecular formula is C21H18Cl2Hf. The molecule has 0 N–H and O–H groups in total. The molecule has 1 atom stereocenters. The Hall–Kier alpha value is -0.890. The van der Waals surface area contributed by atoms with Crippen molar-refractivity contribution in [1.29, 1.82) is 0 Å². The Morgan fingerprint density at radius 1 is 0.917 bits per heavy atom. The summed E-state index contributed by atoms with van der Waals surface area (Å²) in [7, 11) is 0. The fraction of sp³-hybridized carbons (Fsp3) is 0.143. The third kappa shape index (κ3) is 3.40. The van der Waals surface area contributed by atoms with Crippen LogP contribution in [0.15, 0.2) is 76.2 Å². The Morgan fingerprint density at radius 2 is 1.62 bits per heavy atom. The number of hydrogen-bond acceptors (Lipinski definition) is 0. The summed E-state index contributed by atoms with van der Waals surface area (Å²) in [6.07, 6.45) is 10.5. The summed E-state index contributed by atoms with van der Waals surface area (Å²) < 4.78 is 1.98. The maximum absolute atomic E-state index is 2.49. The molecule has 0 aliphatic heterocycles. The number of rotatable bonds is 3. The first-order valence-electron chi connectivity index (χ1n) is 7.78. The van der Waals surface area contributed by atoms with Crippen LogP contribution >= 0.6 is 0 Å². The van der Waals surface area contributed by atoms with Crippen molar-refractivity contribution in [2.45, 2.75) is 16.5 Å². The fourth-order valence-electron chi connectivity index (χ4n) is 3.51. The van der Waals surface area contributed by atoms with Crippen LogP contribution in [0, 0.1) is 0 Å². The maximum atomic E-state index is 2.49. The number of allylic oxidation sites excluding steroid dienone is 5. The number of halogens is 2. The van der Waals surface area contributed by atoms with Crippen LogP contribution in [-0.2, 0) is 26.1 Å². The second-order valence-electron chi connectivity index (χ2n) is 6.09. The van der Waals surface area contributed by atoms with Crippen LogP contribution in [0.1, 0.15) is 30.0 Å². The first-order valence-corrected chi connectivity index (χ1v) is 11.4. The summed E-state index contributed by atoms with van der Waals surface area (Å²) in [5, 5.41) is 0. The first kappa shape index (κ1) is 19.4. The van der Waals surface area contributed by atoms with Crippen LogP contribution in [0.2, 0.25) is 0 Å². The Kier molecular flexibility index (Phi) is 6.47. The second-order valence-corrected chi connectivity index (χ2v) is 12.9. The van der Waals surface area contributed by atoms with E-state index in [-0.39, 0.29) is 28.0 Å². The third-order valence-electron chi connectivity index (χ3n) is 4.60. The topological polar surface area (TPSA) is 0 Å². The van der Waals surface area contributed by atoms with Gasteiger partial charge in [-0.25, -0.2) is 0 Å². The molecule has 0 amide bonds. The molecule has 120 valence electrons. The largest absolute Gasteiger partial charge is 1.00 e. The zero-order chi connectivity index (χ0) is 15.0. The Bertz CT molecular complexity index is 806. The SMILES string of the molecule is C[C]1([Hf+2][C]2=CC=CC2)C(c2ccccc2)=Cc2ccccc21.[Cl-].[Cl-]. The van der Waals surface area contributed by atoms with Crippen LogP contribution in [0.4, 0.5) is 0 Å². The number of fused-ring (bicyclic) bond motifs is 1. The minimum Gasteiger partial charge on any atom is -1.00 e. The van der Waals surface area contributed by atoms with Gasteiger partial charge in [-0.05, 0) is 0 Å². The van der Waals surface area contributed by atoms with E-state index in [4.69, 9.17) is 0 Å². The molecule has 0 saturated carbocycles. The molecular weight excluding hydrogens is 502 g/mol. The van der Waals surface area contributed by atoms with E-state index in [9.17, 15) is 0 Å². The fourth-order valence-corrected chi connectivity index (χ4v) is 9.81. The smallest absolute Gasteiger partial charge is 1.00 e. The molecule has 2 aliphatic carbocycles. The summed E-state index contributed by atoms with van der Waals surface area (Å²) in [5.74, 6) is 0. The van der Waals surface area contributed by atoms with E-state index in [0.29, 0.717) is 0 Å². The molecule has 0 radical (unpaired) electrons. The molecule has 3 heteroatoms. The second kappa shape index (κ2) is 7.99. The monoisotopic (exact) mass is 520 g/mol. The van der Waals surface area contributed by atoms with Crippen molar-refractivity contribution in [3.05, 3.63) is 92.8 Å². The average Bonchev–Trinajstić information content (AvgIpc) is 3.15. The molecule has 0 bridgehead atoms. The van der Waals surface area contributed by atoms with Gasteiger partial charge < -0.3 is 24.8 Å². The minimum atomic E-state index is -1.00.